The molecule has 17 heavy (non-hydrogen) atoms. The van der Waals surface area contributed by atoms with Crippen molar-refractivity contribution in [3.63, 3.8) is 0 Å². The highest BCUT2D eigenvalue weighted by atomic mass is 19.4. The zero-order valence-corrected chi connectivity index (χ0v) is 9.50. The topological polar surface area (TPSA) is 26.0 Å². The van der Waals surface area contributed by atoms with Crippen LogP contribution < -0.4 is 5.73 Å². The van der Waals surface area contributed by atoms with Crippen LogP contribution in [0.2, 0.25) is 0 Å². The first-order chi connectivity index (χ1) is 7.96. The first-order valence-corrected chi connectivity index (χ1v) is 5.49. The fourth-order valence-electron chi connectivity index (χ4n) is 1.72. The Morgan fingerprint density at radius 2 is 1.94 bits per heavy atom. The fraction of sp³-hybridized carbons (Fsp3) is 0.385. The van der Waals surface area contributed by atoms with E-state index in [-0.39, 0.29) is 5.56 Å². The number of hydrogen-bond acceptors (Lipinski definition) is 1. The van der Waals surface area contributed by atoms with Crippen molar-refractivity contribution in [2.75, 3.05) is 0 Å². The molecule has 2 N–H and O–H groups in total. The number of rotatable bonds is 5. The molecule has 0 saturated heterocycles. The molecule has 0 aliphatic heterocycles. The summed E-state index contributed by atoms with van der Waals surface area (Å²) < 4.78 is 38.2. The van der Waals surface area contributed by atoms with E-state index in [0.29, 0.717) is 6.42 Å². The number of allylic oxidation sites excluding steroid dienone is 1. The Morgan fingerprint density at radius 3 is 2.53 bits per heavy atom. The normalized spacial score (nSPS) is 13.4. The maximum Gasteiger partial charge on any atom is 0.416 e. The van der Waals surface area contributed by atoms with Crippen LogP contribution in [0.4, 0.5) is 13.2 Å². The van der Waals surface area contributed by atoms with Crippen LogP contribution in [0.3, 0.4) is 0 Å². The molecule has 0 fully saturated rings. The second kappa shape index (κ2) is 5.87. The summed E-state index contributed by atoms with van der Waals surface area (Å²) in [6, 6.07) is 4.90. The third-order valence-corrected chi connectivity index (χ3v) is 2.59. The molecule has 94 valence electrons. The summed E-state index contributed by atoms with van der Waals surface area (Å²) >= 11 is 0. The zero-order valence-electron chi connectivity index (χ0n) is 9.50. The molecule has 0 radical (unpaired) electrons. The molecule has 0 heterocycles. The van der Waals surface area contributed by atoms with Gasteiger partial charge in [-0.25, -0.2) is 0 Å². The maximum atomic E-state index is 12.7. The van der Waals surface area contributed by atoms with E-state index in [1.54, 1.807) is 12.1 Å². The molecule has 0 aliphatic carbocycles. The van der Waals surface area contributed by atoms with Crippen LogP contribution >= 0.6 is 0 Å². The third kappa shape index (κ3) is 3.89. The molecule has 0 saturated carbocycles. The average molecular weight is 243 g/mol. The van der Waals surface area contributed by atoms with Crippen LogP contribution in [0, 0.1) is 0 Å². The smallest absolute Gasteiger partial charge is 0.324 e. The van der Waals surface area contributed by atoms with E-state index in [2.05, 4.69) is 6.58 Å². The Kier molecular flexibility index (Phi) is 4.75. The lowest BCUT2D eigenvalue weighted by Crippen LogP contribution is -2.17. The predicted octanol–water partition coefficient (Wildman–Crippen LogP) is 4.06. The molecule has 1 aromatic rings. The Labute approximate surface area is 99.1 Å². The van der Waals surface area contributed by atoms with E-state index in [1.165, 1.54) is 12.1 Å². The van der Waals surface area contributed by atoms with Crippen LogP contribution in [0.25, 0.3) is 0 Å². The Balaban J connectivity index is 2.85. The summed E-state index contributed by atoms with van der Waals surface area (Å²) in [7, 11) is 0. The molecule has 1 nitrogen and oxygen atoms in total. The largest absolute Gasteiger partial charge is 0.416 e. The molecule has 1 atom stereocenters. The maximum absolute atomic E-state index is 12.7. The van der Waals surface area contributed by atoms with Crippen molar-refractivity contribution in [2.45, 2.75) is 31.5 Å². The molecule has 4 heteroatoms. The van der Waals surface area contributed by atoms with Crippen molar-refractivity contribution in [3.8, 4) is 0 Å². The minimum Gasteiger partial charge on any atom is -0.324 e. The number of benzene rings is 1. The number of unbranched alkanes of at least 4 members (excludes halogenated alkanes) is 1. The minimum atomic E-state index is -4.34. The van der Waals surface area contributed by atoms with Gasteiger partial charge in [0, 0.05) is 6.04 Å². The summed E-state index contributed by atoms with van der Waals surface area (Å²) in [4.78, 5) is 0. The quantitative estimate of drug-likeness (QED) is 0.612. The molecule has 0 amide bonds. The van der Waals surface area contributed by atoms with Crippen molar-refractivity contribution < 1.29 is 13.2 Å². The highest BCUT2D eigenvalue weighted by molar-refractivity contribution is 5.32. The lowest BCUT2D eigenvalue weighted by Gasteiger charge is -2.17. The second-order valence-corrected chi connectivity index (χ2v) is 3.91. The van der Waals surface area contributed by atoms with Gasteiger partial charge in [0.2, 0.25) is 0 Å². The third-order valence-electron chi connectivity index (χ3n) is 2.59. The van der Waals surface area contributed by atoms with Gasteiger partial charge in [-0.2, -0.15) is 13.2 Å². The van der Waals surface area contributed by atoms with Crippen LogP contribution in [-0.4, -0.2) is 0 Å². The van der Waals surface area contributed by atoms with Gasteiger partial charge in [0.05, 0.1) is 5.56 Å². The van der Waals surface area contributed by atoms with Crippen molar-refractivity contribution >= 4 is 0 Å². The van der Waals surface area contributed by atoms with Gasteiger partial charge in [0.1, 0.15) is 0 Å². The van der Waals surface area contributed by atoms with Crippen molar-refractivity contribution in [1.29, 1.82) is 0 Å². The highest BCUT2D eigenvalue weighted by Gasteiger charge is 2.34. The van der Waals surface area contributed by atoms with Gasteiger partial charge >= 0.3 is 6.18 Å². The van der Waals surface area contributed by atoms with Crippen molar-refractivity contribution in [2.24, 2.45) is 5.73 Å². The summed E-state index contributed by atoms with van der Waals surface area (Å²) in [5.41, 5.74) is 5.34. The highest BCUT2D eigenvalue weighted by Crippen LogP contribution is 2.34. The van der Waals surface area contributed by atoms with Gasteiger partial charge in [-0.3, -0.25) is 0 Å². The Bertz CT molecular complexity index is 371. The van der Waals surface area contributed by atoms with E-state index >= 15 is 0 Å². The standard InChI is InChI=1S/C13H16F3N/c1-2-3-4-9-12(17)10-7-5-6-8-11(10)13(14,15)16/h2,5-8,12H,1,3-4,9,17H2. The lowest BCUT2D eigenvalue weighted by atomic mass is 9.96. The lowest BCUT2D eigenvalue weighted by molar-refractivity contribution is -0.138. The summed E-state index contributed by atoms with van der Waals surface area (Å²) in [6.45, 7) is 3.57. The second-order valence-electron chi connectivity index (χ2n) is 3.91. The van der Waals surface area contributed by atoms with Gasteiger partial charge in [-0.1, -0.05) is 24.3 Å². The SMILES string of the molecule is C=CCCCC(N)c1ccccc1C(F)(F)F. The molecule has 0 bridgehead atoms. The van der Waals surface area contributed by atoms with Crippen LogP contribution in [-0.2, 0) is 6.18 Å². The Morgan fingerprint density at radius 1 is 1.29 bits per heavy atom. The first kappa shape index (κ1) is 13.8. The monoisotopic (exact) mass is 243 g/mol. The van der Waals surface area contributed by atoms with Crippen LogP contribution in [0.1, 0.15) is 36.4 Å². The zero-order chi connectivity index (χ0) is 12.9. The van der Waals surface area contributed by atoms with Gasteiger partial charge in [0.15, 0.2) is 0 Å². The van der Waals surface area contributed by atoms with Crippen molar-refractivity contribution in [1.82, 2.24) is 0 Å². The van der Waals surface area contributed by atoms with Gasteiger partial charge in [0.25, 0.3) is 0 Å². The molecular formula is C13H16F3N. The molecule has 0 aliphatic rings. The number of nitrogens with two attached hydrogens (primary N) is 1. The molecule has 0 aromatic heterocycles. The molecule has 1 rings (SSSR count). The average Bonchev–Trinajstić information content (AvgIpc) is 2.28. The minimum absolute atomic E-state index is 0.170. The number of halogens is 3. The first-order valence-electron chi connectivity index (χ1n) is 5.49. The van der Waals surface area contributed by atoms with E-state index < -0.39 is 17.8 Å². The van der Waals surface area contributed by atoms with E-state index in [0.717, 1.165) is 18.9 Å². The van der Waals surface area contributed by atoms with E-state index in [9.17, 15) is 13.2 Å². The van der Waals surface area contributed by atoms with Gasteiger partial charge in [-0.15, -0.1) is 6.58 Å². The fourth-order valence-corrected chi connectivity index (χ4v) is 1.72. The predicted molar refractivity (Wildman–Crippen MR) is 62.4 cm³/mol. The molecule has 1 aromatic carbocycles. The van der Waals surface area contributed by atoms with E-state index in [1.807, 2.05) is 0 Å². The van der Waals surface area contributed by atoms with Crippen LogP contribution in [0.15, 0.2) is 36.9 Å². The molecule has 1 unspecified atom stereocenters. The van der Waals surface area contributed by atoms with Gasteiger partial charge in [-0.05, 0) is 30.9 Å². The number of alkyl halides is 3. The Hall–Kier alpha value is -1.29. The van der Waals surface area contributed by atoms with Crippen LogP contribution in [0.5, 0.6) is 0 Å². The summed E-state index contributed by atoms with van der Waals surface area (Å²) in [6.07, 6.45) is -0.563. The van der Waals surface area contributed by atoms with Crippen molar-refractivity contribution in [3.05, 3.63) is 48.0 Å². The summed E-state index contributed by atoms with van der Waals surface area (Å²) in [5, 5.41) is 0. The molecular weight excluding hydrogens is 227 g/mol. The molecule has 0 spiro atoms. The van der Waals surface area contributed by atoms with E-state index in [4.69, 9.17) is 5.73 Å². The summed E-state index contributed by atoms with van der Waals surface area (Å²) in [5.74, 6) is 0. The number of hydrogen-bond donors (Lipinski definition) is 1. The van der Waals surface area contributed by atoms with Gasteiger partial charge < -0.3 is 5.73 Å².